The van der Waals surface area contributed by atoms with E-state index in [-0.39, 0.29) is 13.0 Å². The zero-order valence-corrected chi connectivity index (χ0v) is 20.0. The first-order chi connectivity index (χ1) is 18.0. The van der Waals surface area contributed by atoms with Crippen LogP contribution in [0.2, 0.25) is 0 Å². The van der Waals surface area contributed by atoms with E-state index >= 15 is 0 Å². The highest BCUT2D eigenvalue weighted by Gasteiger charge is 2.37. The third-order valence-corrected chi connectivity index (χ3v) is 7.20. The lowest BCUT2D eigenvalue weighted by Gasteiger charge is -2.15. The van der Waals surface area contributed by atoms with Gasteiger partial charge in [-0.3, -0.25) is 15.0 Å². The van der Waals surface area contributed by atoms with Crippen molar-refractivity contribution in [3.8, 4) is 22.5 Å². The summed E-state index contributed by atoms with van der Waals surface area (Å²) >= 11 is 0. The normalized spacial score (nSPS) is 17.3. The van der Waals surface area contributed by atoms with Crippen LogP contribution in [0.4, 0.5) is 8.78 Å². The van der Waals surface area contributed by atoms with Gasteiger partial charge in [-0.1, -0.05) is 30.4 Å². The van der Waals surface area contributed by atoms with E-state index in [9.17, 15) is 8.78 Å². The Morgan fingerprint density at radius 1 is 1.03 bits per heavy atom. The number of allylic oxidation sites excluding steroid dienone is 4. The molecule has 0 spiro atoms. The van der Waals surface area contributed by atoms with Gasteiger partial charge in [0.25, 0.3) is 5.92 Å². The number of alkyl halides is 2. The van der Waals surface area contributed by atoms with E-state index in [1.165, 1.54) is 11.1 Å². The van der Waals surface area contributed by atoms with Gasteiger partial charge < -0.3 is 4.98 Å². The van der Waals surface area contributed by atoms with Gasteiger partial charge in [-0.25, -0.2) is 13.8 Å². The van der Waals surface area contributed by atoms with E-state index in [4.69, 9.17) is 0 Å². The van der Waals surface area contributed by atoms with Crippen LogP contribution in [0, 0.1) is 0 Å². The Morgan fingerprint density at radius 3 is 2.78 bits per heavy atom. The molecule has 0 saturated carbocycles. The predicted octanol–water partition coefficient (Wildman–Crippen LogP) is 6.35. The van der Waals surface area contributed by atoms with Gasteiger partial charge in [0.1, 0.15) is 5.69 Å². The fourth-order valence-corrected chi connectivity index (χ4v) is 5.39. The molecule has 0 amide bonds. The number of hydrogen-bond acceptors (Lipinski definition) is 4. The molecule has 2 N–H and O–H groups in total. The van der Waals surface area contributed by atoms with Crippen LogP contribution >= 0.6 is 0 Å². The standard InChI is InChI=1S/C29H24F2N6/c30-29(31)8-9-37(17-29)16-18-10-20(14-32-13-18)21-11-24-27(35-36-28(24)33-15-21)26-12-23-22(19-4-1-2-5-19)6-3-7-25(23)34-26/h1,3-7,10-15,34H,2,8-9,16-17H2,(H,33,35,36). The molecule has 4 aromatic heterocycles. The number of likely N-dealkylation sites (tertiary alicyclic amines) is 1. The van der Waals surface area contributed by atoms with E-state index in [0.717, 1.165) is 50.8 Å². The van der Waals surface area contributed by atoms with Crippen LogP contribution in [0.3, 0.4) is 0 Å². The number of pyridine rings is 2. The Kier molecular flexibility index (Phi) is 5.04. The SMILES string of the molecule is FC1(F)CCN(Cc2cncc(-c3cnc4[nH]nc(-c5cc6c(C7=CCC=C7)cccc6[nH]5)c4c3)c2)C1. The van der Waals surface area contributed by atoms with Gasteiger partial charge in [0.05, 0.1) is 12.2 Å². The highest BCUT2D eigenvalue weighted by Crippen LogP contribution is 2.35. The van der Waals surface area contributed by atoms with Gasteiger partial charge in [-0.05, 0) is 47.4 Å². The Bertz CT molecular complexity index is 1710. The Balaban J connectivity index is 1.24. The van der Waals surface area contributed by atoms with Crippen molar-refractivity contribution in [2.75, 3.05) is 13.1 Å². The first-order valence-corrected chi connectivity index (χ1v) is 12.4. The minimum atomic E-state index is -2.61. The topological polar surface area (TPSA) is 73.5 Å². The summed E-state index contributed by atoms with van der Waals surface area (Å²) in [7, 11) is 0. The number of fused-ring (bicyclic) bond motifs is 2. The predicted molar refractivity (Wildman–Crippen MR) is 141 cm³/mol. The zero-order valence-electron chi connectivity index (χ0n) is 20.0. The molecule has 2 aliphatic rings. The number of aromatic amines is 2. The van der Waals surface area contributed by atoms with E-state index in [0.29, 0.717) is 18.7 Å². The Labute approximate surface area is 211 Å². The summed E-state index contributed by atoms with van der Waals surface area (Å²) in [6.07, 6.45) is 12.8. The second-order valence-corrected chi connectivity index (χ2v) is 9.84. The quantitative estimate of drug-likeness (QED) is 0.299. The monoisotopic (exact) mass is 494 g/mol. The second kappa shape index (κ2) is 8.45. The van der Waals surface area contributed by atoms with Gasteiger partial charge in [0.2, 0.25) is 0 Å². The molecule has 5 aromatic rings. The lowest BCUT2D eigenvalue weighted by molar-refractivity contribution is 0.0115. The van der Waals surface area contributed by atoms with Gasteiger partial charge in [-0.2, -0.15) is 5.10 Å². The van der Waals surface area contributed by atoms with Crippen LogP contribution in [0.1, 0.15) is 24.0 Å². The molecule has 0 radical (unpaired) electrons. The number of benzene rings is 1. The van der Waals surface area contributed by atoms with Crippen molar-refractivity contribution >= 4 is 27.5 Å². The molecule has 1 aliphatic carbocycles. The number of H-pyrrole nitrogens is 2. The zero-order chi connectivity index (χ0) is 25.0. The molecule has 6 nitrogen and oxygen atoms in total. The molecule has 5 heterocycles. The first-order valence-electron chi connectivity index (χ1n) is 12.4. The van der Waals surface area contributed by atoms with Gasteiger partial charge in [-0.15, -0.1) is 0 Å². The molecule has 0 atom stereocenters. The molecular formula is C29H24F2N6. The highest BCUT2D eigenvalue weighted by molar-refractivity contribution is 6.00. The fourth-order valence-electron chi connectivity index (χ4n) is 5.39. The summed E-state index contributed by atoms with van der Waals surface area (Å²) in [5, 5.41) is 9.68. The summed E-state index contributed by atoms with van der Waals surface area (Å²) in [5.74, 6) is -2.61. The third kappa shape index (κ3) is 4.03. The summed E-state index contributed by atoms with van der Waals surface area (Å²) in [6, 6.07) is 12.5. The van der Waals surface area contributed by atoms with Crippen LogP contribution in [0.25, 0.3) is 50.0 Å². The number of aromatic nitrogens is 5. The van der Waals surface area contributed by atoms with Crippen LogP contribution in [0.5, 0.6) is 0 Å². The largest absolute Gasteiger partial charge is 0.353 e. The maximum atomic E-state index is 13.6. The van der Waals surface area contributed by atoms with Crippen LogP contribution in [-0.2, 0) is 6.54 Å². The van der Waals surface area contributed by atoms with E-state index in [1.807, 2.05) is 6.07 Å². The van der Waals surface area contributed by atoms with E-state index in [1.54, 1.807) is 23.5 Å². The molecule has 0 unspecified atom stereocenters. The minimum Gasteiger partial charge on any atom is -0.353 e. The van der Waals surface area contributed by atoms with Crippen molar-refractivity contribution in [3.63, 3.8) is 0 Å². The third-order valence-electron chi connectivity index (χ3n) is 7.20. The average Bonchev–Trinajstić information content (AvgIpc) is 3.69. The van der Waals surface area contributed by atoms with Gasteiger partial charge in [0, 0.05) is 65.5 Å². The van der Waals surface area contributed by atoms with Gasteiger partial charge >= 0.3 is 0 Å². The van der Waals surface area contributed by atoms with Crippen molar-refractivity contribution < 1.29 is 8.78 Å². The maximum absolute atomic E-state index is 13.6. The van der Waals surface area contributed by atoms with Crippen molar-refractivity contribution in [2.24, 2.45) is 0 Å². The summed E-state index contributed by atoms with van der Waals surface area (Å²) in [4.78, 5) is 14.3. The van der Waals surface area contributed by atoms with Crippen molar-refractivity contribution in [1.82, 2.24) is 30.0 Å². The molecular weight excluding hydrogens is 470 g/mol. The van der Waals surface area contributed by atoms with Crippen LogP contribution < -0.4 is 0 Å². The summed E-state index contributed by atoms with van der Waals surface area (Å²) in [5.41, 5.74) is 8.59. The van der Waals surface area contributed by atoms with E-state index in [2.05, 4.69) is 73.7 Å². The van der Waals surface area contributed by atoms with Crippen molar-refractivity contribution in [3.05, 3.63) is 84.3 Å². The molecule has 184 valence electrons. The molecule has 8 heteroatoms. The molecule has 1 fully saturated rings. The smallest absolute Gasteiger partial charge is 0.261 e. The summed E-state index contributed by atoms with van der Waals surface area (Å²) in [6.45, 7) is 0.637. The number of hydrogen-bond donors (Lipinski definition) is 2. The molecule has 0 bridgehead atoms. The second-order valence-electron chi connectivity index (χ2n) is 9.84. The minimum absolute atomic E-state index is 0.0898. The summed E-state index contributed by atoms with van der Waals surface area (Å²) < 4.78 is 27.2. The highest BCUT2D eigenvalue weighted by atomic mass is 19.3. The van der Waals surface area contributed by atoms with Crippen molar-refractivity contribution in [2.45, 2.75) is 25.3 Å². The first kappa shape index (κ1) is 22.1. The molecule has 1 aromatic carbocycles. The average molecular weight is 495 g/mol. The number of rotatable bonds is 5. The molecule has 1 saturated heterocycles. The molecule has 7 rings (SSSR count). The molecule has 1 aliphatic heterocycles. The Hall–Kier alpha value is -4.17. The molecule has 37 heavy (non-hydrogen) atoms. The fraction of sp³-hybridized carbons (Fsp3) is 0.207. The Morgan fingerprint density at radius 2 is 1.95 bits per heavy atom. The van der Waals surface area contributed by atoms with Crippen LogP contribution in [0.15, 0.2) is 73.2 Å². The van der Waals surface area contributed by atoms with Crippen molar-refractivity contribution in [1.29, 1.82) is 0 Å². The maximum Gasteiger partial charge on any atom is 0.261 e. The number of nitrogens with zero attached hydrogens (tertiary/aromatic N) is 4. The van der Waals surface area contributed by atoms with E-state index < -0.39 is 5.92 Å². The number of halogens is 2. The lowest BCUT2D eigenvalue weighted by Crippen LogP contribution is -2.24. The lowest BCUT2D eigenvalue weighted by atomic mass is 10.0. The van der Waals surface area contributed by atoms with Crippen LogP contribution in [-0.4, -0.2) is 49.1 Å². The number of nitrogens with one attached hydrogen (secondary N) is 2. The van der Waals surface area contributed by atoms with Gasteiger partial charge in [0.15, 0.2) is 5.65 Å².